The van der Waals surface area contributed by atoms with Gasteiger partial charge in [0.25, 0.3) is 15.7 Å². The third-order valence-electron chi connectivity index (χ3n) is 8.36. The van der Waals surface area contributed by atoms with Crippen molar-refractivity contribution in [1.29, 1.82) is 0 Å². The fourth-order valence-electron chi connectivity index (χ4n) is 5.03. The largest absolute Gasteiger partial charge is 0.415 e. The lowest BCUT2D eigenvalue weighted by atomic mass is 9.91. The van der Waals surface area contributed by atoms with Gasteiger partial charge < -0.3 is 14.6 Å². The van der Waals surface area contributed by atoms with Crippen molar-refractivity contribution in [3.63, 3.8) is 0 Å². The van der Waals surface area contributed by atoms with E-state index in [0.717, 1.165) is 16.1 Å². The number of hydrogen-bond donors (Lipinski definition) is 1. The van der Waals surface area contributed by atoms with Gasteiger partial charge in [0.2, 0.25) is 5.91 Å². The Morgan fingerprint density at radius 2 is 1.78 bits per heavy atom. The predicted octanol–water partition coefficient (Wildman–Crippen LogP) is 3.93. The van der Waals surface area contributed by atoms with Crippen molar-refractivity contribution in [2.75, 3.05) is 26.2 Å². The van der Waals surface area contributed by atoms with Crippen molar-refractivity contribution in [3.05, 3.63) is 70.3 Å². The molecular weight excluding hydrogens is 564 g/mol. The Morgan fingerprint density at radius 1 is 1.12 bits per heavy atom. The number of rotatable bonds is 11. The number of benzene rings is 2. The van der Waals surface area contributed by atoms with Crippen molar-refractivity contribution in [2.24, 2.45) is 5.92 Å². The highest BCUT2D eigenvalue weighted by atomic mass is 32.2. The average Bonchev–Trinajstić information content (AvgIpc) is 3.23. The number of likely N-dealkylation sites (tertiary alicyclic amines) is 1. The lowest BCUT2D eigenvalue weighted by Crippen LogP contribution is -2.55. The van der Waals surface area contributed by atoms with E-state index in [2.05, 4.69) is 39.2 Å². The first kappa shape index (κ1) is 31.3. The summed E-state index contributed by atoms with van der Waals surface area (Å²) in [6, 6.07) is 13.2. The number of hydrogen-bond acceptors (Lipinski definition) is 8. The number of sulfonamides is 1. The number of carbonyl (C=O) groups excluding carboxylic acids is 1. The quantitative estimate of drug-likeness (QED) is 0.232. The number of nitrogens with zero attached hydrogens (tertiary/aromatic N) is 3. The molecule has 0 aliphatic carbocycles. The standard InChI is InChI=1S/C28H40N4O7SSi/c1-28(2,3)41(4,5)39-16-15-30-19-22-17-23(18-29-26(22)27(30)33)32(38-20-21-11-7-6-8-12-21)40(36,37)25-14-10-9-13-24(25)31(34)35/h6-14,22-23,26,29H,15-20H2,1-5H3/t22-,23+,26-/m0/s1. The zero-order valence-electron chi connectivity index (χ0n) is 24.3. The van der Waals surface area contributed by atoms with Crippen molar-refractivity contribution in [2.45, 2.75) is 68.9 Å². The van der Waals surface area contributed by atoms with Crippen LogP contribution < -0.4 is 5.32 Å². The van der Waals surface area contributed by atoms with E-state index < -0.39 is 45.9 Å². The molecule has 1 amide bonds. The maximum Gasteiger partial charge on any atom is 0.289 e. The van der Waals surface area contributed by atoms with Crippen LogP contribution in [-0.4, -0.2) is 75.3 Å². The molecule has 2 aromatic rings. The SMILES string of the molecule is CC(C)(C)[Si](C)(C)OCCN1C[C@@H]2C[C@@H](N(OCc3ccccc3)S(=O)(=O)c3ccccc3[N+](=O)[O-])CN[C@@H]2C1=O. The minimum Gasteiger partial charge on any atom is -0.415 e. The number of carbonyl (C=O) groups is 1. The molecule has 0 spiro atoms. The van der Waals surface area contributed by atoms with Crippen molar-refractivity contribution >= 4 is 29.9 Å². The molecule has 2 saturated heterocycles. The Balaban J connectivity index is 1.52. The summed E-state index contributed by atoms with van der Waals surface area (Å²) in [4.78, 5) is 31.4. The lowest BCUT2D eigenvalue weighted by molar-refractivity contribution is -0.388. The van der Waals surface area contributed by atoms with Crippen molar-refractivity contribution in [1.82, 2.24) is 14.7 Å². The van der Waals surface area contributed by atoms with Crippen LogP contribution in [0.1, 0.15) is 32.8 Å². The molecule has 0 saturated carbocycles. The molecule has 4 rings (SSSR count). The fraction of sp³-hybridized carbons (Fsp3) is 0.536. The van der Waals surface area contributed by atoms with Crippen LogP contribution in [0.5, 0.6) is 0 Å². The minimum absolute atomic E-state index is 0.0226. The Hall–Kier alpha value is -2.68. The monoisotopic (exact) mass is 604 g/mol. The normalized spacial score (nSPS) is 21.8. The smallest absolute Gasteiger partial charge is 0.289 e. The molecule has 2 fully saturated rings. The second-order valence-electron chi connectivity index (χ2n) is 12.2. The van der Waals surface area contributed by atoms with Crippen LogP contribution in [0.2, 0.25) is 18.1 Å². The van der Waals surface area contributed by atoms with Crippen LogP contribution in [0.3, 0.4) is 0 Å². The van der Waals surface area contributed by atoms with Gasteiger partial charge in [-0.15, -0.1) is 0 Å². The highest BCUT2D eigenvalue weighted by Crippen LogP contribution is 2.37. The molecule has 2 aliphatic heterocycles. The molecule has 0 bridgehead atoms. The van der Waals surface area contributed by atoms with Gasteiger partial charge >= 0.3 is 0 Å². The summed E-state index contributed by atoms with van der Waals surface area (Å²) in [6.07, 6.45) is 0.359. The molecule has 13 heteroatoms. The predicted molar refractivity (Wildman–Crippen MR) is 157 cm³/mol. The van der Waals surface area contributed by atoms with E-state index in [9.17, 15) is 23.3 Å². The van der Waals surface area contributed by atoms with Gasteiger partial charge in [-0.1, -0.05) is 67.7 Å². The highest BCUT2D eigenvalue weighted by Gasteiger charge is 2.48. The van der Waals surface area contributed by atoms with E-state index in [-0.39, 0.29) is 30.0 Å². The number of nitro benzene ring substituents is 1. The second-order valence-corrected chi connectivity index (χ2v) is 18.7. The van der Waals surface area contributed by atoms with E-state index in [4.69, 9.17) is 9.26 Å². The molecule has 2 heterocycles. The number of para-hydroxylation sites is 1. The van der Waals surface area contributed by atoms with E-state index in [1.807, 2.05) is 30.3 Å². The molecule has 2 aliphatic rings. The molecule has 224 valence electrons. The average molecular weight is 605 g/mol. The van der Waals surface area contributed by atoms with Gasteiger partial charge in [0.1, 0.15) is 0 Å². The number of piperidine rings is 1. The van der Waals surface area contributed by atoms with Crippen LogP contribution in [0.15, 0.2) is 59.5 Å². The van der Waals surface area contributed by atoms with Gasteiger partial charge in [-0.25, -0.2) is 8.42 Å². The zero-order valence-corrected chi connectivity index (χ0v) is 26.1. The third kappa shape index (κ3) is 6.87. The molecule has 0 unspecified atom stereocenters. The van der Waals surface area contributed by atoms with Gasteiger partial charge in [0, 0.05) is 31.6 Å². The summed E-state index contributed by atoms with van der Waals surface area (Å²) in [5, 5.41) is 15.0. The molecule has 41 heavy (non-hydrogen) atoms. The highest BCUT2D eigenvalue weighted by molar-refractivity contribution is 7.89. The van der Waals surface area contributed by atoms with E-state index in [0.29, 0.717) is 26.1 Å². The van der Waals surface area contributed by atoms with Crippen LogP contribution in [0, 0.1) is 16.0 Å². The topological polar surface area (TPSA) is 131 Å². The maximum absolute atomic E-state index is 13.9. The fourth-order valence-corrected chi connectivity index (χ4v) is 7.66. The molecule has 11 nitrogen and oxygen atoms in total. The van der Waals surface area contributed by atoms with Gasteiger partial charge in [-0.2, -0.15) is 0 Å². The van der Waals surface area contributed by atoms with Crippen LogP contribution in [-0.2, 0) is 30.7 Å². The Bertz CT molecular complexity index is 1350. The number of nitro groups is 1. The van der Waals surface area contributed by atoms with Gasteiger partial charge in [0.05, 0.1) is 30.2 Å². The van der Waals surface area contributed by atoms with E-state index in [1.165, 1.54) is 18.2 Å². The minimum atomic E-state index is -4.43. The number of nitrogens with one attached hydrogen (secondary N) is 1. The molecule has 1 N–H and O–H groups in total. The summed E-state index contributed by atoms with van der Waals surface area (Å²) < 4.78 is 35.0. The Labute approximate surface area is 243 Å². The first-order valence-corrected chi connectivity index (χ1v) is 18.2. The first-order chi connectivity index (χ1) is 19.2. The van der Waals surface area contributed by atoms with Crippen molar-refractivity contribution in [3.8, 4) is 0 Å². The zero-order chi connectivity index (χ0) is 30.0. The van der Waals surface area contributed by atoms with Gasteiger partial charge in [0.15, 0.2) is 13.2 Å². The molecule has 3 atom stereocenters. The Morgan fingerprint density at radius 3 is 2.44 bits per heavy atom. The maximum atomic E-state index is 13.9. The van der Waals surface area contributed by atoms with E-state index >= 15 is 0 Å². The number of amides is 1. The third-order valence-corrected chi connectivity index (χ3v) is 14.7. The molecule has 2 aromatic carbocycles. The summed E-state index contributed by atoms with van der Waals surface area (Å²) in [5.41, 5.74) is 0.229. The number of hydroxylamine groups is 1. The van der Waals surface area contributed by atoms with Crippen molar-refractivity contribution < 1.29 is 27.4 Å². The summed E-state index contributed by atoms with van der Waals surface area (Å²) in [7, 11) is -6.39. The van der Waals surface area contributed by atoms with Crippen LogP contribution in [0.25, 0.3) is 0 Å². The lowest BCUT2D eigenvalue weighted by Gasteiger charge is -2.36. The summed E-state index contributed by atoms with van der Waals surface area (Å²) >= 11 is 0. The van der Waals surface area contributed by atoms with E-state index in [1.54, 1.807) is 4.90 Å². The summed E-state index contributed by atoms with van der Waals surface area (Å²) in [5.74, 6) is -0.177. The van der Waals surface area contributed by atoms with Crippen LogP contribution in [0.4, 0.5) is 5.69 Å². The first-order valence-electron chi connectivity index (χ1n) is 13.8. The molecular formula is C28H40N4O7SSi. The Kier molecular flexibility index (Phi) is 9.36. The van der Waals surface area contributed by atoms with Gasteiger partial charge in [-0.05, 0) is 36.2 Å². The molecule has 0 aromatic heterocycles. The number of fused-ring (bicyclic) bond motifs is 1. The van der Waals surface area contributed by atoms with Crippen LogP contribution >= 0.6 is 0 Å². The summed E-state index contributed by atoms with van der Waals surface area (Å²) in [6.45, 7) is 12.4. The second kappa shape index (κ2) is 12.3. The molecule has 0 radical (unpaired) electrons. The van der Waals surface area contributed by atoms with Gasteiger partial charge in [-0.3, -0.25) is 19.7 Å².